The summed E-state index contributed by atoms with van der Waals surface area (Å²) in [7, 11) is -3.20. The van der Waals surface area contributed by atoms with Gasteiger partial charge in [0.05, 0.1) is 17.0 Å². The van der Waals surface area contributed by atoms with Crippen LogP contribution in [0, 0.1) is 6.92 Å². The second kappa shape index (κ2) is 5.60. The van der Waals surface area contributed by atoms with E-state index in [1.807, 2.05) is 0 Å². The van der Waals surface area contributed by atoms with Gasteiger partial charge in [0, 0.05) is 7.05 Å². The summed E-state index contributed by atoms with van der Waals surface area (Å²) in [6.45, 7) is 3.92. The predicted molar refractivity (Wildman–Crippen MR) is 74.7 cm³/mol. The summed E-state index contributed by atoms with van der Waals surface area (Å²) in [5.41, 5.74) is -1.79. The van der Waals surface area contributed by atoms with Crippen LogP contribution in [0.3, 0.4) is 0 Å². The molecule has 0 fully saturated rings. The highest BCUT2D eigenvalue weighted by molar-refractivity contribution is 8.05. The van der Waals surface area contributed by atoms with Crippen molar-refractivity contribution in [2.24, 2.45) is 12.2 Å². The van der Waals surface area contributed by atoms with Gasteiger partial charge in [-0.05, 0) is 20.8 Å². The molecule has 0 N–H and O–H groups in total. The van der Waals surface area contributed by atoms with Crippen molar-refractivity contribution in [1.29, 1.82) is 0 Å². The van der Waals surface area contributed by atoms with E-state index in [9.17, 15) is 26.0 Å². The maximum absolute atomic E-state index is 14.2. The highest BCUT2D eigenvalue weighted by atomic mass is 32.2. The molecular weight excluding hydrogens is 358 g/mol. The van der Waals surface area contributed by atoms with E-state index in [-0.39, 0.29) is 11.3 Å². The quantitative estimate of drug-likeness (QED) is 0.757. The summed E-state index contributed by atoms with van der Waals surface area (Å²) in [6.07, 6.45) is -7.07. The van der Waals surface area contributed by atoms with Crippen LogP contribution in [0.15, 0.2) is 5.16 Å². The third kappa shape index (κ3) is 3.47. The van der Waals surface area contributed by atoms with Gasteiger partial charge in [-0.1, -0.05) is 5.16 Å². The molecule has 0 radical (unpaired) electrons. The van der Waals surface area contributed by atoms with Gasteiger partial charge in [-0.15, -0.1) is 13.2 Å². The van der Waals surface area contributed by atoms with Crippen LogP contribution in [-0.4, -0.2) is 41.4 Å². The molecule has 0 aromatic carbocycles. The van der Waals surface area contributed by atoms with Gasteiger partial charge < -0.3 is 9.57 Å². The molecule has 1 unspecified atom stereocenters. The van der Waals surface area contributed by atoms with Gasteiger partial charge in [-0.2, -0.15) is 5.10 Å². The number of aryl methyl sites for hydroxylation is 2. The van der Waals surface area contributed by atoms with Crippen LogP contribution in [0.2, 0.25) is 0 Å². The van der Waals surface area contributed by atoms with Crippen LogP contribution in [0.5, 0.6) is 5.88 Å². The molecule has 136 valence electrons. The molecular formula is C12H15F4N3O4S. The summed E-state index contributed by atoms with van der Waals surface area (Å²) >= 11 is 0. The van der Waals surface area contributed by atoms with Crippen LogP contribution in [0.1, 0.15) is 25.1 Å². The zero-order valence-corrected chi connectivity index (χ0v) is 14.0. The Labute approximate surface area is 135 Å². The molecule has 12 heteroatoms. The summed E-state index contributed by atoms with van der Waals surface area (Å²) in [5.74, 6) is -1.73. The molecule has 1 aliphatic heterocycles. The van der Waals surface area contributed by atoms with E-state index in [0.29, 0.717) is 0 Å². The Hall–Kier alpha value is -1.85. The van der Waals surface area contributed by atoms with Gasteiger partial charge >= 0.3 is 6.36 Å². The number of alkyl halides is 4. The van der Waals surface area contributed by atoms with Crippen molar-refractivity contribution in [2.45, 2.75) is 44.7 Å². The van der Waals surface area contributed by atoms with Gasteiger partial charge in [0.25, 0.3) is 0 Å². The van der Waals surface area contributed by atoms with Crippen LogP contribution in [0.4, 0.5) is 17.6 Å². The minimum absolute atomic E-state index is 0.00880. The normalized spacial score (nSPS) is 20.7. The fraction of sp³-hybridized carbons (Fsp3) is 0.667. The van der Waals surface area contributed by atoms with Gasteiger partial charge in [0.15, 0.2) is 11.8 Å². The first-order valence-electron chi connectivity index (χ1n) is 6.66. The van der Waals surface area contributed by atoms with Crippen molar-refractivity contribution in [2.75, 3.05) is 0 Å². The lowest BCUT2D eigenvalue weighted by Crippen LogP contribution is -2.37. The average molecular weight is 373 g/mol. The third-order valence-electron chi connectivity index (χ3n) is 3.35. The Balaban J connectivity index is 2.38. The minimum Gasteiger partial charge on any atom is -0.388 e. The van der Waals surface area contributed by atoms with Crippen LogP contribution in [0.25, 0.3) is 0 Å². The van der Waals surface area contributed by atoms with E-state index in [2.05, 4.69) is 15.0 Å². The lowest BCUT2D eigenvalue weighted by Gasteiger charge is -2.18. The topological polar surface area (TPSA) is 82.8 Å². The van der Waals surface area contributed by atoms with Crippen molar-refractivity contribution in [3.05, 3.63) is 11.3 Å². The fourth-order valence-corrected chi connectivity index (χ4v) is 3.73. The first-order valence-corrected chi connectivity index (χ1v) is 8.31. The van der Waals surface area contributed by atoms with Gasteiger partial charge in [-0.25, -0.2) is 17.5 Å². The Morgan fingerprint density at radius 1 is 1.38 bits per heavy atom. The van der Waals surface area contributed by atoms with Crippen molar-refractivity contribution in [1.82, 2.24) is 9.78 Å². The zero-order valence-electron chi connectivity index (χ0n) is 13.2. The second-order valence-corrected chi connectivity index (χ2v) is 7.72. The number of rotatable bonds is 3. The average Bonchev–Trinajstić information content (AvgIpc) is 2.79. The Bertz CT molecular complexity index is 783. The minimum atomic E-state index is -5.03. The summed E-state index contributed by atoms with van der Waals surface area (Å²) < 4.78 is 81.0. The number of halogens is 4. The smallest absolute Gasteiger partial charge is 0.388 e. The number of nitrogens with zero attached hydrogens (tertiary/aromatic N) is 3. The second-order valence-electron chi connectivity index (χ2n) is 5.79. The molecule has 2 rings (SSSR count). The number of hydrogen-bond acceptors (Lipinski definition) is 6. The molecule has 0 bridgehead atoms. The van der Waals surface area contributed by atoms with E-state index in [0.717, 1.165) is 4.68 Å². The molecule has 2 heterocycles. The Morgan fingerprint density at radius 2 is 1.96 bits per heavy atom. The van der Waals surface area contributed by atoms with Gasteiger partial charge in [-0.3, -0.25) is 0 Å². The van der Waals surface area contributed by atoms with Crippen molar-refractivity contribution < 1.29 is 35.6 Å². The molecule has 0 saturated heterocycles. The number of aromatic nitrogens is 2. The summed E-state index contributed by atoms with van der Waals surface area (Å²) in [6, 6.07) is 0. The summed E-state index contributed by atoms with van der Waals surface area (Å²) in [5, 5.41) is 6.09. The van der Waals surface area contributed by atoms with Crippen molar-refractivity contribution in [3.8, 4) is 5.88 Å². The molecule has 1 atom stereocenters. The molecule has 1 aromatic heterocycles. The largest absolute Gasteiger partial charge is 0.574 e. The highest BCUT2D eigenvalue weighted by Crippen LogP contribution is 2.33. The van der Waals surface area contributed by atoms with Gasteiger partial charge in [0.2, 0.25) is 20.8 Å². The standard InChI is InChI=1S/C12H15F4N3O4S/c1-6-7(10(19(4)17-6)22-12(14,15)16)5-24(20,21)9-8(13)11(2,3)23-18-9/h8H,5H2,1-4H3. The SMILES string of the molecule is Cc1nn(C)c(OC(F)(F)F)c1CS(=O)(=O)C1=NOC(C)(C)C1F. The molecule has 0 saturated carbocycles. The number of sulfone groups is 1. The molecule has 7 nitrogen and oxygen atoms in total. The Morgan fingerprint density at radius 3 is 2.42 bits per heavy atom. The van der Waals surface area contributed by atoms with Crippen LogP contribution in [-0.2, 0) is 27.5 Å². The Kier molecular flexibility index (Phi) is 4.32. The van der Waals surface area contributed by atoms with Crippen LogP contribution < -0.4 is 4.74 Å². The van der Waals surface area contributed by atoms with E-state index in [4.69, 9.17) is 4.84 Å². The molecule has 1 aliphatic rings. The molecule has 24 heavy (non-hydrogen) atoms. The summed E-state index contributed by atoms with van der Waals surface area (Å²) in [4.78, 5) is 4.74. The van der Waals surface area contributed by atoms with E-state index in [1.54, 1.807) is 0 Å². The van der Waals surface area contributed by atoms with Crippen molar-refractivity contribution >= 4 is 14.9 Å². The molecule has 1 aromatic rings. The van der Waals surface area contributed by atoms with E-state index >= 15 is 0 Å². The first-order chi connectivity index (χ1) is 10.7. The van der Waals surface area contributed by atoms with Crippen LogP contribution >= 0.6 is 0 Å². The van der Waals surface area contributed by atoms with Crippen molar-refractivity contribution in [3.63, 3.8) is 0 Å². The predicted octanol–water partition coefficient (Wildman–Crippen LogP) is 2.00. The number of hydrogen-bond donors (Lipinski definition) is 0. The number of oxime groups is 1. The van der Waals surface area contributed by atoms with Gasteiger partial charge in [0.1, 0.15) is 0 Å². The molecule has 0 spiro atoms. The zero-order chi connectivity index (χ0) is 18.5. The maximum atomic E-state index is 14.2. The fourth-order valence-electron chi connectivity index (χ4n) is 2.12. The molecule has 0 aliphatic carbocycles. The maximum Gasteiger partial charge on any atom is 0.574 e. The lowest BCUT2D eigenvalue weighted by molar-refractivity contribution is -0.277. The highest BCUT2D eigenvalue weighted by Gasteiger charge is 2.48. The lowest BCUT2D eigenvalue weighted by atomic mass is 10.1. The number of ether oxygens (including phenoxy) is 1. The third-order valence-corrected chi connectivity index (χ3v) is 4.94. The first kappa shape index (κ1) is 18.5. The van der Waals surface area contributed by atoms with E-state index < -0.39 is 44.6 Å². The molecule has 0 amide bonds. The monoisotopic (exact) mass is 373 g/mol. The van der Waals surface area contributed by atoms with E-state index in [1.165, 1.54) is 27.8 Å².